The van der Waals surface area contributed by atoms with Gasteiger partial charge < -0.3 is 10.1 Å². The molecule has 0 unspecified atom stereocenters. The highest BCUT2D eigenvalue weighted by Gasteiger charge is 2.23. The summed E-state index contributed by atoms with van der Waals surface area (Å²) in [6.45, 7) is 1.46. The molecule has 1 heterocycles. The number of rotatable bonds is 2. The molecule has 0 spiro atoms. The van der Waals surface area contributed by atoms with Crippen LogP contribution in [-0.4, -0.2) is 9.91 Å². The molecule has 0 aromatic carbocycles. The fourth-order valence-electron chi connectivity index (χ4n) is 0.889. The van der Waals surface area contributed by atoms with Crippen molar-refractivity contribution < 1.29 is 13.7 Å². The summed E-state index contributed by atoms with van der Waals surface area (Å²) in [7, 11) is 0. The molecule has 0 saturated heterocycles. The molecule has 1 aromatic heterocycles. The quantitative estimate of drug-likeness (QED) is 0.479. The van der Waals surface area contributed by atoms with Crippen molar-refractivity contribution in [2.45, 2.75) is 13.3 Å². The summed E-state index contributed by atoms with van der Waals surface area (Å²) in [5.74, 6) is -0.546. The van der Waals surface area contributed by atoms with E-state index in [0.717, 1.165) is 0 Å². The number of nitro groups is 1. The first-order chi connectivity index (χ1) is 6.43. The van der Waals surface area contributed by atoms with Crippen LogP contribution in [0.4, 0.5) is 14.6 Å². The van der Waals surface area contributed by atoms with E-state index in [1.165, 1.54) is 13.0 Å². The zero-order valence-corrected chi connectivity index (χ0v) is 9.16. The van der Waals surface area contributed by atoms with E-state index in [0.29, 0.717) is 3.57 Å². The van der Waals surface area contributed by atoms with Crippen LogP contribution in [-0.2, 0) is 0 Å². The lowest BCUT2D eigenvalue weighted by Gasteiger charge is -2.01. The normalized spacial score (nSPS) is 10.6. The lowest BCUT2D eigenvalue weighted by Crippen LogP contribution is -2.01. The molecule has 0 amide bonds. The number of nitrogens with zero attached hydrogens (tertiary/aromatic N) is 2. The fourth-order valence-corrected chi connectivity index (χ4v) is 1.44. The number of halogens is 3. The highest BCUT2D eigenvalue weighted by atomic mass is 127. The Morgan fingerprint density at radius 3 is 2.64 bits per heavy atom. The van der Waals surface area contributed by atoms with Gasteiger partial charge in [0.2, 0.25) is 5.69 Å². The van der Waals surface area contributed by atoms with Crippen molar-refractivity contribution in [1.82, 2.24) is 4.98 Å². The van der Waals surface area contributed by atoms with Crippen LogP contribution in [0.3, 0.4) is 0 Å². The van der Waals surface area contributed by atoms with Crippen LogP contribution in [0, 0.1) is 20.6 Å². The van der Waals surface area contributed by atoms with Crippen LogP contribution in [0.25, 0.3) is 0 Å². The van der Waals surface area contributed by atoms with E-state index in [1.54, 1.807) is 22.6 Å². The van der Waals surface area contributed by atoms with Gasteiger partial charge in [0.1, 0.15) is 0 Å². The fraction of sp³-hybridized carbons (Fsp3) is 0.286. The van der Waals surface area contributed by atoms with Gasteiger partial charge in [-0.3, -0.25) is 0 Å². The second kappa shape index (κ2) is 4.11. The highest BCUT2D eigenvalue weighted by molar-refractivity contribution is 14.1. The maximum absolute atomic E-state index is 12.4. The first-order valence-electron chi connectivity index (χ1n) is 3.53. The third-order valence-corrected chi connectivity index (χ3v) is 2.75. The number of hydrogen-bond acceptors (Lipinski definition) is 3. The Morgan fingerprint density at radius 2 is 2.21 bits per heavy atom. The largest absolute Gasteiger partial charge is 0.364 e. The highest BCUT2D eigenvalue weighted by Crippen LogP contribution is 2.26. The molecule has 0 radical (unpaired) electrons. The van der Waals surface area contributed by atoms with Gasteiger partial charge in [0.15, 0.2) is 0 Å². The summed E-state index contributed by atoms with van der Waals surface area (Å²) in [6, 6.07) is 1.17. The van der Waals surface area contributed by atoms with Crippen LogP contribution < -0.4 is 0 Å². The SMILES string of the molecule is Cc1c(I)cc([N+](=O)[O-])nc1C(F)F. The predicted molar refractivity (Wildman–Crippen MR) is 53.3 cm³/mol. The molecule has 7 heteroatoms. The standard InChI is InChI=1S/C7H5F2IN2O2/c1-3-4(10)2-5(12(13)14)11-6(3)7(8)9/h2,7H,1H3. The Hall–Kier alpha value is -0.860. The Balaban J connectivity index is 3.35. The average molecular weight is 314 g/mol. The van der Waals surface area contributed by atoms with Gasteiger partial charge in [-0.25, -0.2) is 8.78 Å². The maximum Gasteiger partial charge on any atom is 0.364 e. The van der Waals surface area contributed by atoms with E-state index in [9.17, 15) is 18.9 Å². The third kappa shape index (κ3) is 2.14. The van der Waals surface area contributed by atoms with Crippen LogP contribution in [0.1, 0.15) is 17.7 Å². The minimum atomic E-state index is -2.79. The van der Waals surface area contributed by atoms with E-state index in [4.69, 9.17) is 0 Å². The van der Waals surface area contributed by atoms with Crippen molar-refractivity contribution in [3.8, 4) is 0 Å². The summed E-state index contributed by atoms with van der Waals surface area (Å²) < 4.78 is 25.1. The molecular weight excluding hydrogens is 309 g/mol. The summed E-state index contributed by atoms with van der Waals surface area (Å²) >= 11 is 1.76. The Labute approximate surface area is 91.6 Å². The van der Waals surface area contributed by atoms with E-state index >= 15 is 0 Å². The number of pyridine rings is 1. The van der Waals surface area contributed by atoms with Crippen LogP contribution in [0.2, 0.25) is 0 Å². The summed E-state index contributed by atoms with van der Waals surface area (Å²) in [5.41, 5.74) is -0.241. The molecule has 0 aliphatic carbocycles. The number of alkyl halides is 2. The molecule has 0 fully saturated rings. The van der Waals surface area contributed by atoms with Crippen molar-refractivity contribution >= 4 is 28.4 Å². The van der Waals surface area contributed by atoms with Crippen LogP contribution >= 0.6 is 22.6 Å². The smallest absolute Gasteiger partial charge is 0.358 e. The second-order valence-corrected chi connectivity index (χ2v) is 3.69. The minimum Gasteiger partial charge on any atom is -0.358 e. The topological polar surface area (TPSA) is 56.0 Å². The zero-order valence-electron chi connectivity index (χ0n) is 7.00. The monoisotopic (exact) mass is 314 g/mol. The molecule has 14 heavy (non-hydrogen) atoms. The van der Waals surface area contributed by atoms with Gasteiger partial charge in [-0.15, -0.1) is 0 Å². The lowest BCUT2D eigenvalue weighted by molar-refractivity contribution is -0.389. The minimum absolute atomic E-state index is 0.284. The molecule has 0 aliphatic heterocycles. The van der Waals surface area contributed by atoms with E-state index in [1.807, 2.05) is 0 Å². The van der Waals surface area contributed by atoms with E-state index < -0.39 is 22.9 Å². The molecule has 4 nitrogen and oxygen atoms in total. The van der Waals surface area contributed by atoms with Crippen molar-refractivity contribution in [2.24, 2.45) is 0 Å². The molecule has 0 atom stereocenters. The van der Waals surface area contributed by atoms with Crippen molar-refractivity contribution in [3.05, 3.63) is 31.0 Å². The first kappa shape index (κ1) is 11.2. The van der Waals surface area contributed by atoms with E-state index in [2.05, 4.69) is 4.98 Å². The molecule has 0 N–H and O–H groups in total. The van der Waals surface area contributed by atoms with E-state index in [-0.39, 0.29) is 5.56 Å². The molecule has 0 bridgehead atoms. The van der Waals surface area contributed by atoms with Crippen molar-refractivity contribution in [3.63, 3.8) is 0 Å². The summed E-state index contributed by atoms with van der Waals surface area (Å²) in [4.78, 5) is 12.8. The number of aromatic nitrogens is 1. The summed E-state index contributed by atoms with van der Waals surface area (Å²) in [5, 5.41) is 10.3. The van der Waals surface area contributed by atoms with Gasteiger partial charge in [0.25, 0.3) is 0 Å². The molecule has 1 rings (SSSR count). The van der Waals surface area contributed by atoms with Gasteiger partial charge in [-0.05, 0) is 39.4 Å². The Kier molecular flexibility index (Phi) is 3.29. The van der Waals surface area contributed by atoms with Gasteiger partial charge >= 0.3 is 12.2 Å². The van der Waals surface area contributed by atoms with Crippen LogP contribution in [0.15, 0.2) is 6.07 Å². The first-order valence-corrected chi connectivity index (χ1v) is 4.61. The lowest BCUT2D eigenvalue weighted by atomic mass is 10.2. The number of hydrogen-bond donors (Lipinski definition) is 0. The van der Waals surface area contributed by atoms with Gasteiger partial charge in [-0.1, -0.05) is 0 Å². The maximum atomic E-state index is 12.4. The van der Waals surface area contributed by atoms with Gasteiger partial charge in [0, 0.05) is 15.2 Å². The average Bonchev–Trinajstić information content (AvgIpc) is 2.08. The molecule has 0 saturated carbocycles. The zero-order chi connectivity index (χ0) is 10.9. The molecule has 1 aromatic rings. The summed E-state index contributed by atoms with van der Waals surface area (Å²) in [6.07, 6.45) is -2.79. The van der Waals surface area contributed by atoms with Crippen molar-refractivity contribution in [1.29, 1.82) is 0 Å². The Morgan fingerprint density at radius 1 is 1.64 bits per heavy atom. The molecule has 0 aliphatic rings. The predicted octanol–water partition coefficient (Wildman–Crippen LogP) is 2.84. The van der Waals surface area contributed by atoms with Gasteiger partial charge in [-0.2, -0.15) is 0 Å². The molecular formula is C7H5F2IN2O2. The second-order valence-electron chi connectivity index (χ2n) is 2.53. The Bertz CT molecular complexity index is 384. The molecule has 76 valence electrons. The van der Waals surface area contributed by atoms with Crippen LogP contribution in [0.5, 0.6) is 0 Å². The van der Waals surface area contributed by atoms with Crippen molar-refractivity contribution in [2.75, 3.05) is 0 Å². The third-order valence-electron chi connectivity index (χ3n) is 1.63. The van der Waals surface area contributed by atoms with Gasteiger partial charge in [0.05, 0.1) is 0 Å².